The van der Waals surface area contributed by atoms with Crippen LogP contribution in [-0.2, 0) is 15.8 Å². The molecule has 1 heterocycles. The monoisotopic (exact) mass is 371 g/mol. The van der Waals surface area contributed by atoms with Crippen molar-refractivity contribution < 1.29 is 13.2 Å². The Labute approximate surface area is 153 Å². The molecule has 136 valence electrons. The van der Waals surface area contributed by atoms with Gasteiger partial charge >= 0.3 is 0 Å². The van der Waals surface area contributed by atoms with E-state index in [1.54, 1.807) is 37.7 Å². The van der Waals surface area contributed by atoms with E-state index in [0.717, 1.165) is 22.5 Å². The summed E-state index contributed by atoms with van der Waals surface area (Å²) >= 11 is 0. The quantitative estimate of drug-likeness (QED) is 0.720. The summed E-state index contributed by atoms with van der Waals surface area (Å²) in [4.78, 5) is 4.20. The van der Waals surface area contributed by atoms with Gasteiger partial charge in [-0.1, -0.05) is 29.8 Å². The van der Waals surface area contributed by atoms with Crippen molar-refractivity contribution in [1.29, 1.82) is 0 Å². The molecule has 0 fully saturated rings. The number of anilines is 1. The summed E-state index contributed by atoms with van der Waals surface area (Å²) in [5.41, 5.74) is 3.90. The first-order valence-corrected chi connectivity index (χ1v) is 9.76. The maximum atomic E-state index is 12.5. The molecule has 0 atom stereocenters. The van der Waals surface area contributed by atoms with Gasteiger partial charge in [-0.25, -0.2) is 13.4 Å². The van der Waals surface area contributed by atoms with Gasteiger partial charge in [-0.05, 0) is 31.5 Å². The highest BCUT2D eigenvalue weighted by Gasteiger charge is 2.14. The number of nitrogens with zero attached hydrogens (tertiary/aromatic N) is 2. The Morgan fingerprint density at radius 1 is 1.15 bits per heavy atom. The van der Waals surface area contributed by atoms with Gasteiger partial charge in [0.1, 0.15) is 5.75 Å². The summed E-state index contributed by atoms with van der Waals surface area (Å²) in [7, 11) is -1.98. The molecule has 0 radical (unpaired) electrons. The van der Waals surface area contributed by atoms with E-state index in [1.165, 1.54) is 0 Å². The van der Waals surface area contributed by atoms with Crippen LogP contribution in [-0.4, -0.2) is 25.1 Å². The van der Waals surface area contributed by atoms with Gasteiger partial charge in [-0.2, -0.15) is 0 Å². The number of sulfonamides is 1. The summed E-state index contributed by atoms with van der Waals surface area (Å²) in [6.45, 7) is 3.84. The number of rotatable bonds is 6. The van der Waals surface area contributed by atoms with Crippen molar-refractivity contribution in [3.05, 3.63) is 71.8 Å². The SMILES string of the molecule is COc1cc(NS(=O)(=O)Cc2cccc(C)c2)ccc1-n1cnc(C)c1. The third-order valence-electron chi connectivity index (χ3n) is 3.88. The van der Waals surface area contributed by atoms with E-state index in [2.05, 4.69) is 9.71 Å². The number of methoxy groups -OCH3 is 1. The maximum Gasteiger partial charge on any atom is 0.236 e. The Hall–Kier alpha value is -2.80. The summed E-state index contributed by atoms with van der Waals surface area (Å²) in [5, 5.41) is 0. The molecule has 0 bridgehead atoms. The third-order valence-corrected chi connectivity index (χ3v) is 5.14. The Balaban J connectivity index is 1.83. The van der Waals surface area contributed by atoms with E-state index in [0.29, 0.717) is 11.4 Å². The molecule has 0 aliphatic heterocycles. The average molecular weight is 371 g/mol. The molecule has 7 heteroatoms. The molecule has 6 nitrogen and oxygen atoms in total. The number of hydrogen-bond acceptors (Lipinski definition) is 4. The number of nitrogens with one attached hydrogen (secondary N) is 1. The molecular weight excluding hydrogens is 350 g/mol. The van der Waals surface area contributed by atoms with Gasteiger partial charge in [-0.3, -0.25) is 4.72 Å². The lowest BCUT2D eigenvalue weighted by molar-refractivity contribution is 0.413. The largest absolute Gasteiger partial charge is 0.494 e. The molecule has 26 heavy (non-hydrogen) atoms. The average Bonchev–Trinajstić information content (AvgIpc) is 3.00. The van der Waals surface area contributed by atoms with Crippen molar-refractivity contribution in [2.24, 2.45) is 0 Å². The van der Waals surface area contributed by atoms with Gasteiger partial charge in [0.15, 0.2) is 0 Å². The van der Waals surface area contributed by atoms with Crippen molar-refractivity contribution in [1.82, 2.24) is 9.55 Å². The number of imidazole rings is 1. The Morgan fingerprint density at radius 3 is 2.62 bits per heavy atom. The van der Waals surface area contributed by atoms with Gasteiger partial charge < -0.3 is 9.30 Å². The molecule has 0 aliphatic carbocycles. The van der Waals surface area contributed by atoms with Crippen molar-refractivity contribution >= 4 is 15.7 Å². The Bertz CT molecular complexity index is 1030. The minimum Gasteiger partial charge on any atom is -0.494 e. The van der Waals surface area contributed by atoms with Crippen molar-refractivity contribution in [3.63, 3.8) is 0 Å². The summed E-state index contributed by atoms with van der Waals surface area (Å²) in [6.07, 6.45) is 3.56. The molecule has 0 unspecified atom stereocenters. The number of aromatic nitrogens is 2. The van der Waals surface area contributed by atoms with Gasteiger partial charge in [0, 0.05) is 12.3 Å². The fourth-order valence-corrected chi connectivity index (χ4v) is 3.92. The van der Waals surface area contributed by atoms with Crippen LogP contribution in [0, 0.1) is 13.8 Å². The van der Waals surface area contributed by atoms with Crippen LogP contribution in [0.5, 0.6) is 5.75 Å². The fraction of sp³-hybridized carbons (Fsp3) is 0.211. The predicted molar refractivity (Wildman–Crippen MR) is 102 cm³/mol. The Morgan fingerprint density at radius 2 is 1.96 bits per heavy atom. The van der Waals surface area contributed by atoms with Crippen molar-refractivity contribution in [3.8, 4) is 11.4 Å². The van der Waals surface area contributed by atoms with Crippen LogP contribution in [0.25, 0.3) is 5.69 Å². The maximum absolute atomic E-state index is 12.5. The number of hydrogen-bond donors (Lipinski definition) is 1. The number of benzene rings is 2. The highest BCUT2D eigenvalue weighted by Crippen LogP contribution is 2.27. The number of aryl methyl sites for hydroxylation is 2. The topological polar surface area (TPSA) is 73.2 Å². The smallest absolute Gasteiger partial charge is 0.236 e. The summed E-state index contributed by atoms with van der Waals surface area (Å²) < 4.78 is 34.8. The zero-order valence-electron chi connectivity index (χ0n) is 14.9. The fourth-order valence-electron chi connectivity index (χ4n) is 2.74. The second-order valence-corrected chi connectivity index (χ2v) is 7.88. The zero-order chi connectivity index (χ0) is 18.7. The lowest BCUT2D eigenvalue weighted by atomic mass is 10.2. The van der Waals surface area contributed by atoms with Crippen molar-refractivity contribution in [2.45, 2.75) is 19.6 Å². The molecule has 2 aromatic carbocycles. The zero-order valence-corrected chi connectivity index (χ0v) is 15.7. The first-order valence-electron chi connectivity index (χ1n) is 8.11. The third kappa shape index (κ3) is 4.23. The lowest BCUT2D eigenvalue weighted by Gasteiger charge is -2.13. The van der Waals surface area contributed by atoms with Crippen LogP contribution < -0.4 is 9.46 Å². The second-order valence-electron chi connectivity index (χ2n) is 6.16. The summed E-state index contributed by atoms with van der Waals surface area (Å²) in [6, 6.07) is 12.6. The van der Waals surface area contributed by atoms with Crippen LogP contribution in [0.3, 0.4) is 0 Å². The lowest BCUT2D eigenvalue weighted by Crippen LogP contribution is -2.15. The molecule has 0 aliphatic rings. The van der Waals surface area contributed by atoms with Crippen LogP contribution in [0.1, 0.15) is 16.8 Å². The van der Waals surface area contributed by atoms with Crippen molar-refractivity contribution in [2.75, 3.05) is 11.8 Å². The first-order chi connectivity index (χ1) is 12.4. The molecule has 0 spiro atoms. The van der Waals surface area contributed by atoms with Gasteiger partial charge in [-0.15, -0.1) is 0 Å². The van der Waals surface area contributed by atoms with Crippen LogP contribution in [0.2, 0.25) is 0 Å². The second kappa shape index (κ2) is 7.21. The van der Waals surface area contributed by atoms with E-state index in [-0.39, 0.29) is 5.75 Å². The molecule has 3 rings (SSSR count). The molecule has 3 aromatic rings. The van der Waals surface area contributed by atoms with Gasteiger partial charge in [0.2, 0.25) is 10.0 Å². The molecule has 0 saturated heterocycles. The van der Waals surface area contributed by atoms with E-state index in [4.69, 9.17) is 4.74 Å². The highest BCUT2D eigenvalue weighted by atomic mass is 32.2. The van der Waals surface area contributed by atoms with Gasteiger partial charge in [0.25, 0.3) is 0 Å². The van der Waals surface area contributed by atoms with E-state index >= 15 is 0 Å². The normalized spacial score (nSPS) is 11.3. The standard InChI is InChI=1S/C19H21N3O3S/c1-14-5-4-6-16(9-14)12-26(23,24)21-17-7-8-18(19(10-17)25-3)22-11-15(2)20-13-22/h4-11,13,21H,12H2,1-3H3. The molecule has 0 saturated carbocycles. The van der Waals surface area contributed by atoms with Crippen LogP contribution in [0.15, 0.2) is 55.0 Å². The highest BCUT2D eigenvalue weighted by molar-refractivity contribution is 7.91. The van der Waals surface area contributed by atoms with E-state index < -0.39 is 10.0 Å². The minimum atomic E-state index is -3.53. The molecule has 0 amide bonds. The van der Waals surface area contributed by atoms with Crippen LogP contribution in [0.4, 0.5) is 5.69 Å². The summed E-state index contributed by atoms with van der Waals surface area (Å²) in [5.74, 6) is 0.470. The Kier molecular flexibility index (Phi) is 4.99. The minimum absolute atomic E-state index is 0.0839. The van der Waals surface area contributed by atoms with E-state index in [1.807, 2.05) is 42.8 Å². The number of ether oxygens (including phenoxy) is 1. The first kappa shape index (κ1) is 18.0. The van der Waals surface area contributed by atoms with Gasteiger partial charge in [0.05, 0.1) is 36.3 Å². The van der Waals surface area contributed by atoms with E-state index in [9.17, 15) is 8.42 Å². The molecule has 1 aromatic heterocycles. The molecular formula is C19H21N3O3S. The van der Waals surface area contributed by atoms with Crippen LogP contribution >= 0.6 is 0 Å². The predicted octanol–water partition coefficient (Wildman–Crippen LogP) is 3.44. The molecule has 1 N–H and O–H groups in total.